The molecule has 0 fully saturated rings. The maximum absolute atomic E-state index is 13.6. The second-order valence-electron chi connectivity index (χ2n) is 14.9. The summed E-state index contributed by atoms with van der Waals surface area (Å²) < 4.78 is 51.0. The topological polar surface area (TPSA) is 182 Å². The molecule has 54 heavy (non-hydrogen) atoms. The SMILES string of the molecule is CCCCCOP(=O)(CCN(CCCN)CCCN)OCCCCCCCCCCCCCCOP(=O)(CCN(CCCN)CCCN)OCCCCC. The van der Waals surface area contributed by atoms with Crippen LogP contribution in [0.4, 0.5) is 0 Å². The van der Waals surface area contributed by atoms with E-state index in [1.807, 2.05) is 0 Å². The highest BCUT2D eigenvalue weighted by atomic mass is 31.2. The van der Waals surface area contributed by atoms with Gasteiger partial charge < -0.3 is 50.8 Å². The molecule has 12 nitrogen and oxygen atoms in total. The molecule has 0 saturated carbocycles. The highest BCUT2D eigenvalue weighted by Gasteiger charge is 2.26. The smallest absolute Gasteiger partial charge is 0.330 e. The van der Waals surface area contributed by atoms with Crippen molar-refractivity contribution in [2.24, 2.45) is 22.9 Å². The van der Waals surface area contributed by atoms with Gasteiger partial charge in [0.25, 0.3) is 0 Å². The van der Waals surface area contributed by atoms with Gasteiger partial charge in [-0.3, -0.25) is 9.13 Å². The van der Waals surface area contributed by atoms with Gasteiger partial charge in [-0.25, -0.2) is 0 Å². The van der Waals surface area contributed by atoms with Crippen molar-refractivity contribution in [2.75, 3.05) is 104 Å². The molecule has 0 aromatic heterocycles. The summed E-state index contributed by atoms with van der Waals surface area (Å²) in [5, 5.41) is 0. The molecule has 0 radical (unpaired) electrons. The third kappa shape index (κ3) is 34.1. The van der Waals surface area contributed by atoms with E-state index in [1.54, 1.807) is 0 Å². The molecule has 0 aromatic rings. The summed E-state index contributed by atoms with van der Waals surface area (Å²) in [5.41, 5.74) is 22.9. The van der Waals surface area contributed by atoms with E-state index in [2.05, 4.69) is 23.6 Å². The van der Waals surface area contributed by atoms with Crippen LogP contribution in [-0.4, -0.2) is 114 Å². The molecule has 14 heteroatoms. The average Bonchev–Trinajstić information content (AvgIpc) is 3.17. The van der Waals surface area contributed by atoms with Crippen molar-refractivity contribution in [3.63, 3.8) is 0 Å². The van der Waals surface area contributed by atoms with E-state index in [4.69, 9.17) is 41.0 Å². The molecule has 0 bridgehead atoms. The largest absolute Gasteiger partial charge is 0.331 e. The Balaban J connectivity index is 4.23. The summed E-state index contributed by atoms with van der Waals surface area (Å²) in [6, 6.07) is 0. The van der Waals surface area contributed by atoms with Gasteiger partial charge in [0.15, 0.2) is 0 Å². The maximum Gasteiger partial charge on any atom is 0.331 e. The fraction of sp³-hybridized carbons (Fsp3) is 1.00. The van der Waals surface area contributed by atoms with Crippen LogP contribution in [0.25, 0.3) is 0 Å². The normalized spacial score (nSPS) is 14.3. The number of nitrogens with two attached hydrogens (primary N) is 4. The van der Waals surface area contributed by atoms with Crippen LogP contribution in [0, 0.1) is 0 Å². The second kappa shape index (κ2) is 39.9. The third-order valence-corrected chi connectivity index (χ3v) is 13.6. The minimum atomic E-state index is -3.13. The first-order chi connectivity index (χ1) is 26.3. The number of rotatable bonds is 45. The molecular formula is C40H90N6O6P2. The van der Waals surface area contributed by atoms with Crippen molar-refractivity contribution in [1.82, 2.24) is 9.80 Å². The van der Waals surface area contributed by atoms with E-state index >= 15 is 0 Å². The molecule has 0 aliphatic rings. The van der Waals surface area contributed by atoms with E-state index < -0.39 is 15.2 Å². The Kier molecular flexibility index (Phi) is 39.9. The fourth-order valence-corrected chi connectivity index (χ4v) is 9.63. The second-order valence-corrected chi connectivity index (χ2v) is 19.3. The Bertz CT molecular complexity index is 797. The minimum Gasteiger partial charge on any atom is -0.330 e. The summed E-state index contributed by atoms with van der Waals surface area (Å²) in [7, 11) is -6.26. The quantitative estimate of drug-likeness (QED) is 0.0341. The minimum absolute atomic E-state index is 0.420. The molecule has 0 heterocycles. The van der Waals surface area contributed by atoms with E-state index in [0.29, 0.717) is 78.0 Å². The van der Waals surface area contributed by atoms with Crippen LogP contribution >= 0.6 is 15.2 Å². The van der Waals surface area contributed by atoms with Crippen molar-refractivity contribution in [2.45, 2.75) is 155 Å². The van der Waals surface area contributed by atoms with Crippen molar-refractivity contribution < 1.29 is 27.2 Å². The highest BCUT2D eigenvalue weighted by Crippen LogP contribution is 2.49. The van der Waals surface area contributed by atoms with Gasteiger partial charge in [0, 0.05) is 13.1 Å². The molecule has 0 saturated heterocycles. The Morgan fingerprint density at radius 3 is 0.833 bits per heavy atom. The van der Waals surface area contributed by atoms with Crippen LogP contribution in [0.15, 0.2) is 0 Å². The summed E-state index contributed by atoms with van der Waals surface area (Å²) in [4.78, 5) is 4.58. The van der Waals surface area contributed by atoms with Gasteiger partial charge in [0.1, 0.15) is 0 Å². The summed E-state index contributed by atoms with van der Waals surface area (Å²) in [6.45, 7) is 13.8. The first-order valence-corrected chi connectivity index (χ1v) is 25.8. The van der Waals surface area contributed by atoms with Crippen LogP contribution < -0.4 is 22.9 Å². The van der Waals surface area contributed by atoms with Gasteiger partial charge >= 0.3 is 15.2 Å². The van der Waals surface area contributed by atoms with Gasteiger partial charge in [-0.15, -0.1) is 0 Å². The molecule has 0 amide bonds. The Labute approximate surface area is 333 Å². The van der Waals surface area contributed by atoms with Crippen LogP contribution in [0.5, 0.6) is 0 Å². The Morgan fingerprint density at radius 2 is 0.593 bits per heavy atom. The van der Waals surface area contributed by atoms with Crippen molar-refractivity contribution in [1.29, 1.82) is 0 Å². The first-order valence-electron chi connectivity index (χ1n) is 22.3. The lowest BCUT2D eigenvalue weighted by molar-refractivity contribution is 0.191. The van der Waals surface area contributed by atoms with E-state index in [-0.39, 0.29) is 0 Å². The van der Waals surface area contributed by atoms with E-state index in [1.165, 1.54) is 51.4 Å². The fourth-order valence-electron chi connectivity index (χ4n) is 6.28. The van der Waals surface area contributed by atoms with Gasteiger partial charge in [-0.05, 0) is 104 Å². The molecule has 0 aliphatic carbocycles. The van der Waals surface area contributed by atoms with Crippen molar-refractivity contribution in [3.8, 4) is 0 Å². The molecule has 2 unspecified atom stereocenters. The van der Waals surface area contributed by atoms with E-state index in [0.717, 1.165) is 116 Å². The van der Waals surface area contributed by atoms with Gasteiger partial charge in [0.05, 0.1) is 38.8 Å². The molecular weight excluding hydrogens is 722 g/mol. The first kappa shape index (κ1) is 54.1. The Hall–Kier alpha value is 0.0600. The summed E-state index contributed by atoms with van der Waals surface area (Å²) in [6.07, 6.45) is 24.6. The molecule has 2 atom stereocenters. The van der Waals surface area contributed by atoms with Gasteiger partial charge in [0.2, 0.25) is 0 Å². The van der Waals surface area contributed by atoms with Gasteiger partial charge in [-0.2, -0.15) is 0 Å². The monoisotopic (exact) mass is 813 g/mol. The zero-order valence-electron chi connectivity index (χ0n) is 35.4. The average molecular weight is 813 g/mol. The Morgan fingerprint density at radius 1 is 0.352 bits per heavy atom. The van der Waals surface area contributed by atoms with Crippen LogP contribution in [0.3, 0.4) is 0 Å². The zero-order chi connectivity index (χ0) is 39.9. The third-order valence-electron chi connectivity index (χ3n) is 9.78. The lowest BCUT2D eigenvalue weighted by Crippen LogP contribution is -2.31. The molecule has 0 aliphatic heterocycles. The van der Waals surface area contributed by atoms with Crippen LogP contribution in [0.1, 0.15) is 155 Å². The number of hydrogen-bond acceptors (Lipinski definition) is 12. The maximum atomic E-state index is 13.6. The van der Waals surface area contributed by atoms with Crippen LogP contribution in [0.2, 0.25) is 0 Å². The number of hydrogen-bond donors (Lipinski definition) is 4. The lowest BCUT2D eigenvalue weighted by atomic mass is 10.1. The van der Waals surface area contributed by atoms with E-state index in [9.17, 15) is 9.13 Å². The van der Waals surface area contributed by atoms with Crippen molar-refractivity contribution >= 4 is 15.2 Å². The number of unbranched alkanes of at least 4 members (excludes halogenated alkanes) is 15. The predicted octanol–water partition coefficient (Wildman–Crippen LogP) is 8.50. The molecule has 0 rings (SSSR count). The number of nitrogens with zero attached hydrogens (tertiary/aromatic N) is 2. The van der Waals surface area contributed by atoms with Gasteiger partial charge in [-0.1, -0.05) is 104 Å². The zero-order valence-corrected chi connectivity index (χ0v) is 37.2. The lowest BCUT2D eigenvalue weighted by Gasteiger charge is -2.25. The van der Waals surface area contributed by atoms with Crippen molar-refractivity contribution in [3.05, 3.63) is 0 Å². The summed E-state index contributed by atoms with van der Waals surface area (Å²) in [5.74, 6) is 0. The standard InChI is InChI=1S/C40H90N6O6P2/c1-3-5-17-35-49-53(47,39-33-45(29-21-25-41)30-22-26-42)51-37-19-15-13-11-9-7-8-10-12-14-16-20-38-52-54(48,50-36-18-6-4-2)40-34-46(31-23-27-43)32-24-28-44/h3-44H2,1-2H3. The molecule has 0 aromatic carbocycles. The molecule has 0 spiro atoms. The predicted molar refractivity (Wildman–Crippen MR) is 231 cm³/mol. The van der Waals surface area contributed by atoms with Crippen LogP contribution in [-0.2, 0) is 27.2 Å². The summed E-state index contributed by atoms with van der Waals surface area (Å²) >= 11 is 0. The highest BCUT2D eigenvalue weighted by molar-refractivity contribution is 7.54. The molecule has 8 N–H and O–H groups in total. The molecule has 326 valence electrons.